The molecule has 0 fully saturated rings. The van der Waals surface area contributed by atoms with E-state index in [1.54, 1.807) is 37.3 Å². The normalized spacial score (nSPS) is 18.5. The number of allylic oxidation sites excluding steroid dienone is 4. The van der Waals surface area contributed by atoms with Crippen LogP contribution in [0.25, 0.3) is 0 Å². The van der Waals surface area contributed by atoms with Gasteiger partial charge in [-0.15, -0.1) is 0 Å². The third-order valence-corrected chi connectivity index (χ3v) is 8.05. The van der Waals surface area contributed by atoms with Gasteiger partial charge >= 0.3 is 10.1 Å². The molecule has 2 aromatic carbocycles. The number of Topliss-reactive ketones (excluding diaryl/α,β-unsaturated/α-hetero) is 2. The summed E-state index contributed by atoms with van der Waals surface area (Å²) in [5, 5.41) is -0.00207. The molecular weight excluding hydrogens is 504 g/mol. The van der Waals surface area contributed by atoms with Gasteiger partial charge in [-0.2, -0.15) is 8.42 Å². The van der Waals surface area contributed by atoms with Gasteiger partial charge in [-0.05, 0) is 49.6 Å². The van der Waals surface area contributed by atoms with Crippen molar-refractivity contribution in [2.75, 3.05) is 6.61 Å². The second-order valence-corrected chi connectivity index (χ2v) is 10.8. The topological polar surface area (TPSA) is 96.0 Å². The highest BCUT2D eigenvalue weighted by Gasteiger charge is 2.42. The average Bonchev–Trinajstić information content (AvgIpc) is 2.86. The summed E-state index contributed by atoms with van der Waals surface area (Å²) in [5.41, 5.74) is 1.50. The molecule has 36 heavy (non-hydrogen) atoms. The standard InChI is InChI=1S/C27H25ClO7S/c1-2-33-23-15-16(14-18(28)27(23)35-36(31,32)17-8-4-3-5-9-17)24-25-19(29)10-6-12-21(25)34-22-13-7-11-20(30)26(22)24/h3-5,8-9,14-15,24H,2,6-7,10-13H2,1H3. The molecule has 2 aromatic rings. The fourth-order valence-corrected chi connectivity index (χ4v) is 6.28. The van der Waals surface area contributed by atoms with E-state index in [0.29, 0.717) is 66.8 Å². The number of hydrogen-bond acceptors (Lipinski definition) is 7. The van der Waals surface area contributed by atoms with Gasteiger partial charge in [0.1, 0.15) is 16.4 Å². The van der Waals surface area contributed by atoms with E-state index in [9.17, 15) is 18.0 Å². The maximum Gasteiger partial charge on any atom is 0.339 e. The Labute approximate surface area is 214 Å². The van der Waals surface area contributed by atoms with Crippen LogP contribution in [0, 0.1) is 0 Å². The van der Waals surface area contributed by atoms with Crippen LogP contribution in [-0.2, 0) is 24.4 Å². The van der Waals surface area contributed by atoms with Gasteiger partial charge in [0.2, 0.25) is 5.75 Å². The molecule has 9 heteroatoms. The number of halogens is 1. The molecule has 0 spiro atoms. The lowest BCUT2D eigenvalue weighted by Gasteiger charge is -2.36. The third-order valence-electron chi connectivity index (χ3n) is 6.53. The third kappa shape index (κ3) is 4.44. The van der Waals surface area contributed by atoms with Crippen molar-refractivity contribution in [3.63, 3.8) is 0 Å². The summed E-state index contributed by atoms with van der Waals surface area (Å²) >= 11 is 6.60. The van der Waals surface area contributed by atoms with Gasteiger partial charge in [0.15, 0.2) is 17.3 Å². The monoisotopic (exact) mass is 528 g/mol. The smallest absolute Gasteiger partial charge is 0.339 e. The highest BCUT2D eigenvalue weighted by atomic mass is 35.5. The molecular formula is C27H25ClO7S. The first-order valence-electron chi connectivity index (χ1n) is 12.0. The number of hydrogen-bond donors (Lipinski definition) is 0. The molecule has 3 aliphatic rings. The Balaban J connectivity index is 1.64. The summed E-state index contributed by atoms with van der Waals surface area (Å²) in [4.78, 5) is 26.1. The number of ketones is 2. The predicted octanol–water partition coefficient (Wildman–Crippen LogP) is 5.63. The minimum absolute atomic E-state index is 0.00207. The quantitative estimate of drug-likeness (QED) is 0.448. The van der Waals surface area contributed by atoms with Gasteiger partial charge in [0.25, 0.3) is 0 Å². The highest BCUT2D eigenvalue weighted by Crippen LogP contribution is 2.50. The van der Waals surface area contributed by atoms with Gasteiger partial charge in [0.05, 0.1) is 11.6 Å². The molecule has 2 aliphatic carbocycles. The van der Waals surface area contributed by atoms with E-state index in [1.165, 1.54) is 12.1 Å². The molecule has 0 unspecified atom stereocenters. The van der Waals surface area contributed by atoms with E-state index in [-0.39, 0.29) is 39.6 Å². The maximum atomic E-state index is 13.1. The van der Waals surface area contributed by atoms with Gasteiger partial charge in [0, 0.05) is 42.7 Å². The second kappa shape index (κ2) is 9.75. The van der Waals surface area contributed by atoms with Crippen LogP contribution in [0.3, 0.4) is 0 Å². The fourth-order valence-electron chi connectivity index (χ4n) is 4.99. The Kier molecular flexibility index (Phi) is 6.66. The molecule has 188 valence electrons. The molecule has 0 atom stereocenters. The first-order chi connectivity index (χ1) is 17.3. The Hall–Kier alpha value is -3.10. The lowest BCUT2D eigenvalue weighted by atomic mass is 9.73. The van der Waals surface area contributed by atoms with Crippen molar-refractivity contribution in [3.05, 3.63) is 75.7 Å². The van der Waals surface area contributed by atoms with E-state index >= 15 is 0 Å². The van der Waals surface area contributed by atoms with Crippen LogP contribution in [0.1, 0.15) is 56.9 Å². The number of benzene rings is 2. The Morgan fingerprint density at radius 1 is 0.944 bits per heavy atom. The van der Waals surface area contributed by atoms with Crippen LogP contribution < -0.4 is 8.92 Å². The predicted molar refractivity (Wildman–Crippen MR) is 132 cm³/mol. The lowest BCUT2D eigenvalue weighted by molar-refractivity contribution is -0.117. The molecule has 7 nitrogen and oxygen atoms in total. The Morgan fingerprint density at radius 2 is 1.56 bits per heavy atom. The van der Waals surface area contributed by atoms with Crippen molar-refractivity contribution in [1.82, 2.24) is 0 Å². The molecule has 0 saturated carbocycles. The van der Waals surface area contributed by atoms with Crippen LogP contribution in [-0.4, -0.2) is 26.6 Å². The molecule has 5 rings (SSSR count). The molecule has 0 saturated heterocycles. The van der Waals surface area contributed by atoms with Gasteiger partial charge in [-0.3, -0.25) is 9.59 Å². The van der Waals surface area contributed by atoms with Gasteiger partial charge < -0.3 is 13.7 Å². The molecule has 0 aromatic heterocycles. The van der Waals surface area contributed by atoms with Crippen LogP contribution >= 0.6 is 11.6 Å². The number of rotatable bonds is 6. The highest BCUT2D eigenvalue weighted by molar-refractivity contribution is 7.87. The first-order valence-corrected chi connectivity index (χ1v) is 13.7. The van der Waals surface area contributed by atoms with Gasteiger partial charge in [-0.1, -0.05) is 29.8 Å². The number of carbonyl (C=O) groups is 2. The molecule has 0 amide bonds. The average molecular weight is 529 g/mol. The van der Waals surface area contributed by atoms with Crippen molar-refractivity contribution in [2.24, 2.45) is 0 Å². The van der Waals surface area contributed by atoms with Crippen molar-refractivity contribution < 1.29 is 31.7 Å². The van der Waals surface area contributed by atoms with E-state index in [4.69, 9.17) is 25.3 Å². The summed E-state index contributed by atoms with van der Waals surface area (Å²) in [6.07, 6.45) is 3.36. The summed E-state index contributed by atoms with van der Waals surface area (Å²) in [7, 11) is -4.18. The van der Waals surface area contributed by atoms with Crippen molar-refractivity contribution in [2.45, 2.75) is 56.3 Å². The van der Waals surface area contributed by atoms with E-state index < -0.39 is 16.0 Å². The minimum Gasteiger partial charge on any atom is -0.490 e. The van der Waals surface area contributed by atoms with Crippen LogP contribution in [0.4, 0.5) is 0 Å². The minimum atomic E-state index is -4.18. The van der Waals surface area contributed by atoms with Crippen molar-refractivity contribution >= 4 is 33.3 Å². The summed E-state index contributed by atoms with van der Waals surface area (Å²) in [5.74, 6) is 0.394. The van der Waals surface area contributed by atoms with Gasteiger partial charge in [-0.25, -0.2) is 0 Å². The molecule has 1 aliphatic heterocycles. The number of ether oxygens (including phenoxy) is 2. The summed E-state index contributed by atoms with van der Waals surface area (Å²) in [6.45, 7) is 1.97. The first kappa shape index (κ1) is 24.6. The number of carbonyl (C=O) groups excluding carboxylic acids is 2. The largest absolute Gasteiger partial charge is 0.490 e. The van der Waals surface area contributed by atoms with E-state index in [1.807, 2.05) is 0 Å². The summed E-state index contributed by atoms with van der Waals surface area (Å²) < 4.78 is 43.1. The van der Waals surface area contributed by atoms with Crippen LogP contribution in [0.2, 0.25) is 5.02 Å². The van der Waals surface area contributed by atoms with E-state index in [0.717, 1.165) is 0 Å². The molecule has 0 bridgehead atoms. The Morgan fingerprint density at radius 3 is 2.14 bits per heavy atom. The zero-order chi connectivity index (χ0) is 25.4. The molecule has 0 N–H and O–H groups in total. The summed E-state index contributed by atoms with van der Waals surface area (Å²) in [6, 6.07) is 10.9. The second-order valence-electron chi connectivity index (χ2n) is 8.88. The van der Waals surface area contributed by atoms with Crippen LogP contribution in [0.15, 0.2) is 70.0 Å². The zero-order valence-corrected chi connectivity index (χ0v) is 21.3. The Bertz CT molecular complexity index is 1370. The SMILES string of the molecule is CCOc1cc(C2C3=C(CCCC3=O)OC3=C2C(=O)CCC3)cc(Cl)c1OS(=O)(=O)c1ccccc1. The maximum absolute atomic E-state index is 13.1. The fraction of sp³-hybridized carbons (Fsp3) is 0.333. The molecule has 1 heterocycles. The lowest BCUT2D eigenvalue weighted by Crippen LogP contribution is -2.30. The van der Waals surface area contributed by atoms with Crippen LogP contribution in [0.5, 0.6) is 11.5 Å². The van der Waals surface area contributed by atoms with Crippen molar-refractivity contribution in [3.8, 4) is 11.5 Å². The van der Waals surface area contributed by atoms with Crippen molar-refractivity contribution in [1.29, 1.82) is 0 Å². The van der Waals surface area contributed by atoms with E-state index in [2.05, 4.69) is 0 Å². The zero-order valence-electron chi connectivity index (χ0n) is 19.7. The molecule has 0 radical (unpaired) electrons.